The van der Waals surface area contributed by atoms with Gasteiger partial charge in [-0.2, -0.15) is 0 Å². The van der Waals surface area contributed by atoms with Crippen LogP contribution >= 0.6 is 11.3 Å². The molecule has 3 aromatic rings. The fraction of sp³-hybridized carbons (Fsp3) is 0.158. The molecule has 25 heavy (non-hydrogen) atoms. The first-order chi connectivity index (χ1) is 12.2. The van der Waals surface area contributed by atoms with Gasteiger partial charge in [-0.3, -0.25) is 10.1 Å². The molecule has 3 rings (SSSR count). The van der Waals surface area contributed by atoms with Gasteiger partial charge in [0.1, 0.15) is 0 Å². The highest BCUT2D eigenvalue weighted by molar-refractivity contribution is 7.09. The van der Waals surface area contributed by atoms with Gasteiger partial charge in [-0.25, -0.2) is 4.79 Å². The van der Waals surface area contributed by atoms with E-state index in [1.54, 1.807) is 11.3 Å². The molecule has 5 nitrogen and oxygen atoms in total. The molecule has 0 saturated heterocycles. The third-order valence-electron chi connectivity index (χ3n) is 3.72. The number of thiophene rings is 1. The standard InChI is InChI=1S/C19H19N3O2S/c23-18(22-19(24)20-11-10-15-7-4-12-25-15)13-21-17-9-3-6-14-5-1-2-8-16(14)17/h1-9,12,21H,10-11,13H2,(H2,20,22,23,24). The van der Waals surface area contributed by atoms with Crippen molar-refractivity contribution in [3.8, 4) is 0 Å². The van der Waals surface area contributed by atoms with Gasteiger partial charge in [-0.1, -0.05) is 42.5 Å². The molecule has 6 heteroatoms. The van der Waals surface area contributed by atoms with E-state index in [0.29, 0.717) is 6.54 Å². The molecule has 3 N–H and O–H groups in total. The van der Waals surface area contributed by atoms with Gasteiger partial charge in [0.15, 0.2) is 0 Å². The monoisotopic (exact) mass is 353 g/mol. The van der Waals surface area contributed by atoms with Gasteiger partial charge in [-0.05, 0) is 29.3 Å². The van der Waals surface area contributed by atoms with E-state index < -0.39 is 6.03 Å². The molecule has 0 aliphatic carbocycles. The molecule has 3 amide bonds. The average molecular weight is 353 g/mol. The van der Waals surface area contributed by atoms with E-state index in [4.69, 9.17) is 0 Å². The summed E-state index contributed by atoms with van der Waals surface area (Å²) in [5.74, 6) is -0.374. The summed E-state index contributed by atoms with van der Waals surface area (Å²) in [4.78, 5) is 24.9. The molecule has 1 heterocycles. The van der Waals surface area contributed by atoms with Crippen LogP contribution in [0.25, 0.3) is 10.8 Å². The van der Waals surface area contributed by atoms with Crippen LogP contribution in [0.5, 0.6) is 0 Å². The largest absolute Gasteiger partial charge is 0.376 e. The summed E-state index contributed by atoms with van der Waals surface area (Å²) in [5.41, 5.74) is 0.867. The van der Waals surface area contributed by atoms with Gasteiger partial charge >= 0.3 is 6.03 Å². The second-order valence-corrected chi connectivity index (χ2v) is 6.55. The van der Waals surface area contributed by atoms with E-state index >= 15 is 0 Å². The molecule has 1 aromatic heterocycles. The highest BCUT2D eigenvalue weighted by Crippen LogP contribution is 2.22. The number of carbonyl (C=O) groups excluding carboxylic acids is 2. The summed E-state index contributed by atoms with van der Waals surface area (Å²) < 4.78 is 0. The summed E-state index contributed by atoms with van der Waals surface area (Å²) >= 11 is 1.65. The van der Waals surface area contributed by atoms with Crippen molar-refractivity contribution in [1.29, 1.82) is 0 Å². The van der Waals surface area contributed by atoms with Crippen molar-refractivity contribution < 1.29 is 9.59 Å². The van der Waals surface area contributed by atoms with Crippen molar-refractivity contribution in [2.45, 2.75) is 6.42 Å². The van der Waals surface area contributed by atoms with Crippen molar-refractivity contribution in [1.82, 2.24) is 10.6 Å². The first kappa shape index (κ1) is 17.0. The van der Waals surface area contributed by atoms with E-state index in [1.807, 2.05) is 60.0 Å². The average Bonchev–Trinajstić information content (AvgIpc) is 3.13. The molecule has 2 aromatic carbocycles. The SMILES string of the molecule is O=C(CNc1cccc2ccccc12)NC(=O)NCCc1cccs1. The number of rotatable bonds is 6. The lowest BCUT2D eigenvalue weighted by Crippen LogP contribution is -2.42. The number of hydrogen-bond acceptors (Lipinski definition) is 4. The molecule has 0 unspecified atom stereocenters. The molecular formula is C19H19N3O2S. The van der Waals surface area contributed by atoms with Crippen molar-refractivity contribution in [3.05, 3.63) is 64.9 Å². The van der Waals surface area contributed by atoms with Gasteiger partial charge in [0.2, 0.25) is 5.91 Å². The number of anilines is 1. The van der Waals surface area contributed by atoms with Crippen LogP contribution < -0.4 is 16.0 Å². The second-order valence-electron chi connectivity index (χ2n) is 5.51. The van der Waals surface area contributed by atoms with Crippen molar-refractivity contribution in [2.75, 3.05) is 18.4 Å². The van der Waals surface area contributed by atoms with Gasteiger partial charge in [0.25, 0.3) is 0 Å². The Morgan fingerprint density at radius 1 is 0.960 bits per heavy atom. The smallest absolute Gasteiger partial charge is 0.321 e. The number of benzene rings is 2. The van der Waals surface area contributed by atoms with Gasteiger partial charge in [0, 0.05) is 22.5 Å². The zero-order chi connectivity index (χ0) is 17.5. The number of carbonyl (C=O) groups is 2. The Hall–Kier alpha value is -2.86. The molecular weight excluding hydrogens is 334 g/mol. The summed E-state index contributed by atoms with van der Waals surface area (Å²) in [6.07, 6.45) is 0.757. The topological polar surface area (TPSA) is 70.2 Å². The van der Waals surface area contributed by atoms with E-state index in [9.17, 15) is 9.59 Å². The lowest BCUT2D eigenvalue weighted by atomic mass is 10.1. The number of imide groups is 1. The normalized spacial score (nSPS) is 10.4. The van der Waals surface area contributed by atoms with Crippen LogP contribution in [0.3, 0.4) is 0 Å². The summed E-state index contributed by atoms with van der Waals surface area (Å²) in [6, 6.07) is 17.3. The summed E-state index contributed by atoms with van der Waals surface area (Å²) in [5, 5.41) is 12.2. The number of nitrogens with one attached hydrogen (secondary N) is 3. The molecule has 0 fully saturated rings. The van der Waals surface area contributed by atoms with E-state index in [0.717, 1.165) is 22.9 Å². The Balaban J connectivity index is 1.45. The predicted octanol–water partition coefficient (Wildman–Crippen LogP) is 3.38. The minimum absolute atomic E-state index is 0.0341. The van der Waals surface area contributed by atoms with E-state index in [1.165, 1.54) is 4.88 Å². The quantitative estimate of drug-likeness (QED) is 0.636. The first-order valence-electron chi connectivity index (χ1n) is 8.04. The minimum atomic E-state index is -0.471. The van der Waals surface area contributed by atoms with Crippen molar-refractivity contribution >= 4 is 39.7 Å². The highest BCUT2D eigenvalue weighted by atomic mass is 32.1. The van der Waals surface area contributed by atoms with Crippen molar-refractivity contribution in [3.63, 3.8) is 0 Å². The molecule has 0 bridgehead atoms. The van der Waals surface area contributed by atoms with Crippen LogP contribution in [-0.2, 0) is 11.2 Å². The second kappa shape index (κ2) is 8.30. The zero-order valence-electron chi connectivity index (χ0n) is 13.6. The maximum Gasteiger partial charge on any atom is 0.321 e. The summed E-state index contributed by atoms with van der Waals surface area (Å²) in [7, 11) is 0. The van der Waals surface area contributed by atoms with Crippen LogP contribution in [0.4, 0.5) is 10.5 Å². The zero-order valence-corrected chi connectivity index (χ0v) is 14.4. The predicted molar refractivity (Wildman–Crippen MR) is 102 cm³/mol. The number of hydrogen-bond donors (Lipinski definition) is 3. The fourth-order valence-electron chi connectivity index (χ4n) is 2.52. The molecule has 0 spiro atoms. The lowest BCUT2D eigenvalue weighted by molar-refractivity contribution is -0.118. The van der Waals surface area contributed by atoms with Crippen LogP contribution in [0.15, 0.2) is 60.0 Å². The third kappa shape index (κ3) is 4.81. The molecule has 128 valence electrons. The Morgan fingerprint density at radius 3 is 2.64 bits per heavy atom. The Morgan fingerprint density at radius 2 is 1.80 bits per heavy atom. The van der Waals surface area contributed by atoms with Crippen LogP contribution in [-0.4, -0.2) is 25.0 Å². The molecule has 0 saturated carbocycles. The van der Waals surface area contributed by atoms with Crippen LogP contribution in [0, 0.1) is 0 Å². The van der Waals surface area contributed by atoms with E-state index in [2.05, 4.69) is 16.0 Å². The molecule has 0 aliphatic heterocycles. The van der Waals surface area contributed by atoms with Crippen LogP contribution in [0.2, 0.25) is 0 Å². The highest BCUT2D eigenvalue weighted by Gasteiger charge is 2.08. The van der Waals surface area contributed by atoms with Gasteiger partial charge in [-0.15, -0.1) is 11.3 Å². The first-order valence-corrected chi connectivity index (χ1v) is 8.92. The third-order valence-corrected chi connectivity index (χ3v) is 4.66. The maximum absolute atomic E-state index is 11.9. The Labute approximate surface area is 150 Å². The number of urea groups is 1. The van der Waals surface area contributed by atoms with Crippen LogP contribution in [0.1, 0.15) is 4.88 Å². The minimum Gasteiger partial charge on any atom is -0.376 e. The Bertz CT molecular complexity index is 857. The summed E-state index contributed by atoms with van der Waals surface area (Å²) in [6.45, 7) is 0.530. The molecule has 0 aliphatic rings. The lowest BCUT2D eigenvalue weighted by Gasteiger charge is -2.10. The molecule has 0 atom stereocenters. The van der Waals surface area contributed by atoms with Gasteiger partial charge in [0.05, 0.1) is 6.54 Å². The number of fused-ring (bicyclic) bond motifs is 1. The molecule has 0 radical (unpaired) electrons. The van der Waals surface area contributed by atoms with Gasteiger partial charge < -0.3 is 10.6 Å². The Kier molecular flexibility index (Phi) is 5.64. The number of amides is 3. The van der Waals surface area contributed by atoms with E-state index in [-0.39, 0.29) is 12.5 Å². The fourth-order valence-corrected chi connectivity index (χ4v) is 3.23. The van der Waals surface area contributed by atoms with Crippen molar-refractivity contribution in [2.24, 2.45) is 0 Å². The maximum atomic E-state index is 11.9.